The predicted molar refractivity (Wildman–Crippen MR) is 87.9 cm³/mol. The zero-order chi connectivity index (χ0) is 14.1. The molecule has 0 fully saturated rings. The minimum Gasteiger partial charge on any atom is -0.384 e. The maximum atomic E-state index is 6.06. The van der Waals surface area contributed by atoms with Gasteiger partial charge in [0.25, 0.3) is 0 Å². The van der Waals surface area contributed by atoms with Crippen LogP contribution in [0, 0.1) is 0 Å². The molecule has 0 amide bonds. The summed E-state index contributed by atoms with van der Waals surface area (Å²) >= 11 is 10.9. The molecule has 1 aromatic carbocycles. The Kier molecular flexibility index (Phi) is 3.74. The Labute approximate surface area is 133 Å². The third-order valence-electron chi connectivity index (χ3n) is 2.68. The number of nitrogen functional groups attached to an aromatic ring is 1. The molecule has 2 heterocycles. The average Bonchev–Trinajstić information content (AvgIpc) is 2.79. The number of hydrogen-bond donors (Lipinski definition) is 1. The molecule has 3 rings (SSSR count). The van der Waals surface area contributed by atoms with Gasteiger partial charge in [0.1, 0.15) is 10.2 Å². The standard InChI is InChI=1S/C14H9BrClN3S/c15-9-6-11(20-13(9)16)14-18-10(7-12(17)19-14)8-4-2-1-3-5-8/h1-7H,(H2,17,18,19). The lowest BCUT2D eigenvalue weighted by atomic mass is 10.1. The Morgan fingerprint density at radius 2 is 1.85 bits per heavy atom. The maximum Gasteiger partial charge on any atom is 0.172 e. The van der Waals surface area contributed by atoms with Gasteiger partial charge in [0.15, 0.2) is 5.82 Å². The van der Waals surface area contributed by atoms with E-state index in [4.69, 9.17) is 17.3 Å². The molecule has 0 bridgehead atoms. The number of thiophene rings is 1. The van der Waals surface area contributed by atoms with E-state index in [1.54, 1.807) is 6.07 Å². The molecule has 0 aliphatic rings. The van der Waals surface area contributed by atoms with E-state index < -0.39 is 0 Å². The van der Waals surface area contributed by atoms with Crippen LogP contribution in [0.5, 0.6) is 0 Å². The number of benzene rings is 1. The van der Waals surface area contributed by atoms with Crippen LogP contribution in [0.4, 0.5) is 5.82 Å². The summed E-state index contributed by atoms with van der Waals surface area (Å²) in [6, 6.07) is 13.5. The molecule has 0 aliphatic heterocycles. The number of hydrogen-bond acceptors (Lipinski definition) is 4. The van der Waals surface area contributed by atoms with Crippen molar-refractivity contribution in [2.45, 2.75) is 0 Å². The molecule has 0 aliphatic carbocycles. The van der Waals surface area contributed by atoms with Gasteiger partial charge in [0, 0.05) is 16.1 Å². The van der Waals surface area contributed by atoms with Crippen molar-refractivity contribution < 1.29 is 0 Å². The van der Waals surface area contributed by atoms with Gasteiger partial charge < -0.3 is 5.73 Å². The van der Waals surface area contributed by atoms with E-state index in [2.05, 4.69) is 25.9 Å². The third-order valence-corrected chi connectivity index (χ3v) is 5.15. The number of aromatic nitrogens is 2. The normalized spacial score (nSPS) is 10.7. The summed E-state index contributed by atoms with van der Waals surface area (Å²) in [5, 5.41) is 0. The van der Waals surface area contributed by atoms with Crippen molar-refractivity contribution in [2.75, 3.05) is 5.73 Å². The molecule has 2 N–H and O–H groups in total. The van der Waals surface area contributed by atoms with Crippen molar-refractivity contribution in [1.29, 1.82) is 0 Å². The summed E-state index contributed by atoms with van der Waals surface area (Å²) in [4.78, 5) is 9.73. The highest BCUT2D eigenvalue weighted by atomic mass is 79.9. The topological polar surface area (TPSA) is 51.8 Å². The second-order valence-corrected chi connectivity index (χ2v) is 6.61. The van der Waals surface area contributed by atoms with Crippen LogP contribution in [0.2, 0.25) is 4.34 Å². The molecular formula is C14H9BrClN3S. The molecule has 20 heavy (non-hydrogen) atoms. The second kappa shape index (κ2) is 5.52. The third kappa shape index (κ3) is 2.70. The smallest absolute Gasteiger partial charge is 0.172 e. The van der Waals surface area contributed by atoms with Crippen molar-refractivity contribution in [3.63, 3.8) is 0 Å². The lowest BCUT2D eigenvalue weighted by molar-refractivity contribution is 1.20. The molecule has 0 unspecified atom stereocenters. The molecule has 3 nitrogen and oxygen atoms in total. The van der Waals surface area contributed by atoms with E-state index in [-0.39, 0.29) is 0 Å². The van der Waals surface area contributed by atoms with Crippen LogP contribution in [0.1, 0.15) is 0 Å². The van der Waals surface area contributed by atoms with E-state index in [0.717, 1.165) is 20.6 Å². The summed E-state index contributed by atoms with van der Waals surface area (Å²) in [6.45, 7) is 0. The minimum absolute atomic E-state index is 0.439. The summed E-state index contributed by atoms with van der Waals surface area (Å²) in [5.41, 5.74) is 7.69. The van der Waals surface area contributed by atoms with Crippen molar-refractivity contribution in [3.8, 4) is 22.0 Å². The molecule has 2 aromatic heterocycles. The highest BCUT2D eigenvalue weighted by Gasteiger charge is 2.11. The molecule has 100 valence electrons. The predicted octanol–water partition coefficient (Wildman–Crippen LogP) is 4.87. The Morgan fingerprint density at radius 1 is 1.10 bits per heavy atom. The van der Waals surface area contributed by atoms with Gasteiger partial charge in [-0.25, -0.2) is 9.97 Å². The van der Waals surface area contributed by atoms with E-state index in [1.165, 1.54) is 11.3 Å². The van der Waals surface area contributed by atoms with E-state index in [0.29, 0.717) is 16.0 Å². The number of anilines is 1. The lowest BCUT2D eigenvalue weighted by Gasteiger charge is -2.04. The maximum absolute atomic E-state index is 6.06. The molecule has 3 aromatic rings. The zero-order valence-electron chi connectivity index (χ0n) is 10.2. The number of nitrogens with two attached hydrogens (primary N) is 1. The van der Waals surface area contributed by atoms with Crippen LogP contribution in [-0.2, 0) is 0 Å². The van der Waals surface area contributed by atoms with Crippen molar-refractivity contribution >= 4 is 44.7 Å². The highest BCUT2D eigenvalue weighted by Crippen LogP contribution is 2.37. The summed E-state index contributed by atoms with van der Waals surface area (Å²) < 4.78 is 1.51. The monoisotopic (exact) mass is 365 g/mol. The Balaban J connectivity index is 2.12. The Hall–Kier alpha value is -1.43. The highest BCUT2D eigenvalue weighted by molar-refractivity contribution is 9.10. The first-order valence-corrected chi connectivity index (χ1v) is 7.77. The van der Waals surface area contributed by atoms with E-state index >= 15 is 0 Å². The summed E-state index contributed by atoms with van der Waals surface area (Å²) in [6.07, 6.45) is 0. The van der Waals surface area contributed by atoms with Crippen LogP contribution in [0.25, 0.3) is 22.0 Å². The van der Waals surface area contributed by atoms with E-state index in [1.807, 2.05) is 36.4 Å². The van der Waals surface area contributed by atoms with E-state index in [9.17, 15) is 0 Å². The van der Waals surface area contributed by atoms with Crippen molar-refractivity contribution in [2.24, 2.45) is 0 Å². The SMILES string of the molecule is Nc1cc(-c2ccccc2)nc(-c2cc(Br)c(Cl)s2)n1. The van der Waals surface area contributed by atoms with Crippen molar-refractivity contribution in [3.05, 3.63) is 51.3 Å². The zero-order valence-corrected chi connectivity index (χ0v) is 13.3. The molecule has 0 atom stereocenters. The first kappa shape index (κ1) is 13.5. The largest absolute Gasteiger partial charge is 0.384 e. The quantitative estimate of drug-likeness (QED) is 0.704. The Morgan fingerprint density at radius 3 is 2.50 bits per heavy atom. The van der Waals surface area contributed by atoms with Gasteiger partial charge in [-0.1, -0.05) is 41.9 Å². The van der Waals surface area contributed by atoms with Gasteiger partial charge in [0.2, 0.25) is 0 Å². The average molecular weight is 367 g/mol. The summed E-state index contributed by atoms with van der Waals surface area (Å²) in [5.74, 6) is 1.02. The Bertz CT molecular complexity index is 739. The summed E-state index contributed by atoms with van der Waals surface area (Å²) in [7, 11) is 0. The molecule has 0 spiro atoms. The fourth-order valence-corrected chi connectivity index (χ4v) is 3.43. The molecule has 6 heteroatoms. The van der Waals surface area contributed by atoms with Crippen LogP contribution in [0.3, 0.4) is 0 Å². The van der Waals surface area contributed by atoms with Gasteiger partial charge >= 0.3 is 0 Å². The van der Waals surface area contributed by atoms with Gasteiger partial charge in [-0.2, -0.15) is 0 Å². The van der Waals surface area contributed by atoms with Crippen LogP contribution in [-0.4, -0.2) is 9.97 Å². The first-order valence-electron chi connectivity index (χ1n) is 5.78. The fourth-order valence-electron chi connectivity index (χ4n) is 1.79. The van der Waals surface area contributed by atoms with Gasteiger partial charge in [0.05, 0.1) is 10.6 Å². The number of halogens is 2. The van der Waals surface area contributed by atoms with Gasteiger partial charge in [-0.05, 0) is 22.0 Å². The fraction of sp³-hybridized carbons (Fsp3) is 0. The number of nitrogens with zero attached hydrogens (tertiary/aromatic N) is 2. The molecule has 0 radical (unpaired) electrons. The molecule has 0 saturated carbocycles. The van der Waals surface area contributed by atoms with Crippen molar-refractivity contribution in [1.82, 2.24) is 9.97 Å². The molecular weight excluding hydrogens is 358 g/mol. The van der Waals surface area contributed by atoms with Crippen LogP contribution < -0.4 is 5.73 Å². The van der Waals surface area contributed by atoms with Crippen LogP contribution in [0.15, 0.2) is 46.9 Å². The first-order chi connectivity index (χ1) is 9.63. The minimum atomic E-state index is 0.439. The van der Waals surface area contributed by atoms with Crippen LogP contribution >= 0.6 is 38.9 Å². The second-order valence-electron chi connectivity index (χ2n) is 4.10. The molecule has 0 saturated heterocycles. The van der Waals surface area contributed by atoms with Gasteiger partial charge in [-0.15, -0.1) is 11.3 Å². The number of rotatable bonds is 2. The van der Waals surface area contributed by atoms with Gasteiger partial charge in [-0.3, -0.25) is 0 Å². The lowest BCUT2D eigenvalue weighted by Crippen LogP contribution is -1.96.